The van der Waals surface area contributed by atoms with Crippen LogP contribution in [0.3, 0.4) is 0 Å². The van der Waals surface area contributed by atoms with E-state index in [1.807, 2.05) is 0 Å². The number of carboxylic acids is 1. The average molecular weight is 293 g/mol. The van der Waals surface area contributed by atoms with Crippen LogP contribution in [-0.4, -0.2) is 36.7 Å². The number of rotatable bonds is 8. The molecule has 1 rings (SSSR count). The van der Waals surface area contributed by atoms with E-state index in [1.165, 1.54) is 13.2 Å². The van der Waals surface area contributed by atoms with E-state index in [1.54, 1.807) is 25.1 Å². The van der Waals surface area contributed by atoms with Gasteiger partial charge in [0.1, 0.15) is 24.1 Å². The Balaban J connectivity index is 3.01. The summed E-state index contributed by atoms with van der Waals surface area (Å²) in [6.07, 6.45) is 1.84. The molecule has 21 heavy (non-hydrogen) atoms. The maximum Gasteiger partial charge on any atom is 0.326 e. The van der Waals surface area contributed by atoms with E-state index >= 15 is 0 Å². The monoisotopic (exact) mass is 293 g/mol. The maximum absolute atomic E-state index is 12.2. The molecule has 1 aromatic rings. The number of carbonyl (C=O) groups is 2. The standard InChI is InChI=1S/C15H19NO5/c1-4-8-21-13-9-10(20-3)6-7-11(13)14(17)16-12(5-2)15(18)19/h4,6-7,9,12H,1,5,8H2,2-3H3,(H,16,17)(H,18,19). The van der Waals surface area contributed by atoms with Crippen LogP contribution in [0.5, 0.6) is 11.5 Å². The van der Waals surface area contributed by atoms with Gasteiger partial charge in [0.05, 0.1) is 12.7 Å². The molecule has 114 valence electrons. The van der Waals surface area contributed by atoms with Crippen molar-refractivity contribution < 1.29 is 24.2 Å². The highest BCUT2D eigenvalue weighted by molar-refractivity contribution is 5.99. The van der Waals surface area contributed by atoms with E-state index in [2.05, 4.69) is 11.9 Å². The SMILES string of the molecule is C=CCOc1cc(OC)ccc1C(=O)NC(CC)C(=O)O. The number of benzene rings is 1. The predicted octanol–water partition coefficient (Wildman–Crippen LogP) is 1.85. The number of nitrogens with one attached hydrogen (secondary N) is 1. The Morgan fingerprint density at radius 2 is 2.19 bits per heavy atom. The van der Waals surface area contributed by atoms with E-state index in [9.17, 15) is 9.59 Å². The Morgan fingerprint density at radius 1 is 1.48 bits per heavy atom. The van der Waals surface area contributed by atoms with Gasteiger partial charge in [0.2, 0.25) is 0 Å². The van der Waals surface area contributed by atoms with Gasteiger partial charge in [-0.3, -0.25) is 4.79 Å². The van der Waals surface area contributed by atoms with Gasteiger partial charge in [-0.05, 0) is 18.6 Å². The number of carbonyl (C=O) groups excluding carboxylic acids is 1. The van der Waals surface area contributed by atoms with Gasteiger partial charge in [0.25, 0.3) is 5.91 Å². The molecule has 0 bridgehead atoms. The van der Waals surface area contributed by atoms with Crippen LogP contribution < -0.4 is 14.8 Å². The molecule has 0 saturated carbocycles. The Hall–Kier alpha value is -2.50. The zero-order chi connectivity index (χ0) is 15.8. The van der Waals surface area contributed by atoms with Crippen molar-refractivity contribution >= 4 is 11.9 Å². The molecule has 1 aromatic carbocycles. The Morgan fingerprint density at radius 3 is 2.71 bits per heavy atom. The predicted molar refractivity (Wildman–Crippen MR) is 77.9 cm³/mol. The summed E-state index contributed by atoms with van der Waals surface area (Å²) in [6, 6.07) is 3.77. The summed E-state index contributed by atoms with van der Waals surface area (Å²) in [4.78, 5) is 23.2. The lowest BCUT2D eigenvalue weighted by molar-refractivity contribution is -0.139. The number of aliphatic carboxylic acids is 1. The van der Waals surface area contributed by atoms with Crippen LogP contribution in [-0.2, 0) is 4.79 Å². The van der Waals surface area contributed by atoms with Gasteiger partial charge in [-0.15, -0.1) is 0 Å². The molecular formula is C15H19NO5. The second kappa shape index (κ2) is 7.94. The van der Waals surface area contributed by atoms with Crippen molar-refractivity contribution in [1.29, 1.82) is 0 Å². The quantitative estimate of drug-likeness (QED) is 0.715. The van der Waals surface area contributed by atoms with Crippen LogP contribution in [0.15, 0.2) is 30.9 Å². The van der Waals surface area contributed by atoms with Crippen molar-refractivity contribution in [3.8, 4) is 11.5 Å². The first-order valence-electron chi connectivity index (χ1n) is 6.48. The molecule has 0 radical (unpaired) electrons. The van der Waals surface area contributed by atoms with Crippen LogP contribution in [0.1, 0.15) is 23.7 Å². The van der Waals surface area contributed by atoms with Crippen molar-refractivity contribution in [2.45, 2.75) is 19.4 Å². The molecule has 0 heterocycles. The average Bonchev–Trinajstić information content (AvgIpc) is 2.49. The fourth-order valence-corrected chi connectivity index (χ4v) is 1.66. The lowest BCUT2D eigenvalue weighted by Gasteiger charge is -2.15. The third-order valence-corrected chi connectivity index (χ3v) is 2.80. The zero-order valence-corrected chi connectivity index (χ0v) is 12.1. The molecule has 1 amide bonds. The van der Waals surface area contributed by atoms with Gasteiger partial charge in [0, 0.05) is 6.07 Å². The van der Waals surface area contributed by atoms with Crippen molar-refractivity contribution in [2.24, 2.45) is 0 Å². The maximum atomic E-state index is 12.2. The third kappa shape index (κ3) is 4.52. The minimum absolute atomic E-state index is 0.226. The first-order valence-corrected chi connectivity index (χ1v) is 6.48. The van der Waals surface area contributed by atoms with Crippen molar-refractivity contribution in [3.63, 3.8) is 0 Å². The number of hydrogen-bond acceptors (Lipinski definition) is 4. The van der Waals surface area contributed by atoms with Crippen LogP contribution in [0.2, 0.25) is 0 Å². The number of amides is 1. The van der Waals surface area contributed by atoms with Crippen LogP contribution in [0, 0.1) is 0 Å². The number of carboxylic acid groups (broad SMARTS) is 1. The van der Waals surface area contributed by atoms with Gasteiger partial charge >= 0.3 is 5.97 Å². The Labute approximate surface area is 123 Å². The van der Waals surface area contributed by atoms with E-state index in [0.717, 1.165) is 0 Å². The molecule has 0 aromatic heterocycles. The smallest absolute Gasteiger partial charge is 0.326 e. The normalized spacial score (nSPS) is 11.3. The molecule has 1 unspecified atom stereocenters. The molecular weight excluding hydrogens is 274 g/mol. The molecule has 0 fully saturated rings. The van der Waals surface area contributed by atoms with Crippen LogP contribution in [0.4, 0.5) is 0 Å². The molecule has 0 aliphatic carbocycles. The van der Waals surface area contributed by atoms with Crippen molar-refractivity contribution in [3.05, 3.63) is 36.4 Å². The largest absolute Gasteiger partial charge is 0.497 e. The van der Waals surface area contributed by atoms with Crippen LogP contribution >= 0.6 is 0 Å². The minimum atomic E-state index is -1.08. The summed E-state index contributed by atoms with van der Waals surface area (Å²) >= 11 is 0. The number of methoxy groups -OCH3 is 1. The van der Waals surface area contributed by atoms with Crippen molar-refractivity contribution in [1.82, 2.24) is 5.32 Å². The van der Waals surface area contributed by atoms with E-state index < -0.39 is 17.9 Å². The minimum Gasteiger partial charge on any atom is -0.497 e. The molecule has 6 nitrogen and oxygen atoms in total. The molecule has 6 heteroatoms. The highest BCUT2D eigenvalue weighted by Gasteiger charge is 2.21. The summed E-state index contributed by atoms with van der Waals surface area (Å²) in [5.41, 5.74) is 0.248. The fraction of sp³-hybridized carbons (Fsp3) is 0.333. The van der Waals surface area contributed by atoms with E-state index in [4.69, 9.17) is 14.6 Å². The van der Waals surface area contributed by atoms with Gasteiger partial charge in [-0.25, -0.2) is 4.79 Å². The van der Waals surface area contributed by atoms with E-state index in [-0.39, 0.29) is 12.2 Å². The number of hydrogen-bond donors (Lipinski definition) is 2. The van der Waals surface area contributed by atoms with E-state index in [0.29, 0.717) is 17.9 Å². The Bertz CT molecular complexity index is 527. The summed E-state index contributed by atoms with van der Waals surface area (Å²) in [5.74, 6) is -0.734. The van der Waals surface area contributed by atoms with Crippen molar-refractivity contribution in [2.75, 3.05) is 13.7 Å². The highest BCUT2D eigenvalue weighted by atomic mass is 16.5. The number of ether oxygens (including phenoxy) is 2. The molecule has 0 aliphatic rings. The second-order valence-corrected chi connectivity index (χ2v) is 4.23. The molecule has 0 spiro atoms. The van der Waals surface area contributed by atoms with Gasteiger partial charge in [-0.1, -0.05) is 19.6 Å². The topological polar surface area (TPSA) is 84.9 Å². The summed E-state index contributed by atoms with van der Waals surface area (Å²) in [6.45, 7) is 5.45. The molecule has 2 N–H and O–H groups in total. The lowest BCUT2D eigenvalue weighted by atomic mass is 10.1. The third-order valence-electron chi connectivity index (χ3n) is 2.80. The first-order chi connectivity index (χ1) is 10.0. The summed E-state index contributed by atoms with van der Waals surface area (Å²) in [7, 11) is 1.50. The summed E-state index contributed by atoms with van der Waals surface area (Å²) in [5, 5.41) is 11.4. The highest BCUT2D eigenvalue weighted by Crippen LogP contribution is 2.25. The molecule has 0 aliphatic heterocycles. The molecule has 0 saturated heterocycles. The molecule has 1 atom stereocenters. The second-order valence-electron chi connectivity index (χ2n) is 4.23. The van der Waals surface area contributed by atoms with Gasteiger partial charge in [-0.2, -0.15) is 0 Å². The Kier molecular flexibility index (Phi) is 6.26. The fourth-order valence-electron chi connectivity index (χ4n) is 1.66. The summed E-state index contributed by atoms with van der Waals surface area (Å²) < 4.78 is 10.5. The van der Waals surface area contributed by atoms with Crippen LogP contribution in [0.25, 0.3) is 0 Å². The first kappa shape index (κ1) is 16.6. The lowest BCUT2D eigenvalue weighted by Crippen LogP contribution is -2.40. The van der Waals surface area contributed by atoms with Gasteiger partial charge < -0.3 is 19.9 Å². The zero-order valence-electron chi connectivity index (χ0n) is 12.1. The van der Waals surface area contributed by atoms with Gasteiger partial charge in [0.15, 0.2) is 0 Å².